The van der Waals surface area contributed by atoms with E-state index in [9.17, 15) is 17.6 Å². The van der Waals surface area contributed by atoms with Gasteiger partial charge in [-0.25, -0.2) is 12.8 Å². The molecule has 1 rings (SSSR count). The highest BCUT2D eigenvalue weighted by molar-refractivity contribution is 8.13. The lowest BCUT2D eigenvalue weighted by atomic mass is 10.1. The van der Waals surface area contributed by atoms with E-state index in [2.05, 4.69) is 0 Å². The van der Waals surface area contributed by atoms with E-state index >= 15 is 0 Å². The van der Waals surface area contributed by atoms with Crippen molar-refractivity contribution in [3.63, 3.8) is 0 Å². The summed E-state index contributed by atoms with van der Waals surface area (Å²) in [6.45, 7) is 5.80. The Hall–Kier alpha value is -1.14. The first-order valence-corrected chi connectivity index (χ1v) is 8.35. The lowest BCUT2D eigenvalue weighted by molar-refractivity contribution is 0.0777. The van der Waals surface area contributed by atoms with Gasteiger partial charge in [0.2, 0.25) is 0 Å². The van der Waals surface area contributed by atoms with Gasteiger partial charge >= 0.3 is 0 Å². The first-order chi connectivity index (χ1) is 9.04. The number of benzene rings is 1. The van der Waals surface area contributed by atoms with Gasteiger partial charge in [-0.3, -0.25) is 4.79 Å². The molecule has 7 heteroatoms. The van der Waals surface area contributed by atoms with Crippen LogP contribution in [0.5, 0.6) is 0 Å². The molecule has 0 aliphatic carbocycles. The van der Waals surface area contributed by atoms with E-state index in [1.807, 2.05) is 13.8 Å². The predicted molar refractivity (Wildman–Crippen MR) is 76.0 cm³/mol. The first kappa shape index (κ1) is 16.9. The maximum Gasteiger partial charge on any atom is 0.261 e. The smallest absolute Gasteiger partial charge is 0.261 e. The van der Waals surface area contributed by atoms with Crippen molar-refractivity contribution >= 4 is 25.6 Å². The molecule has 1 aromatic carbocycles. The van der Waals surface area contributed by atoms with E-state index in [-0.39, 0.29) is 21.9 Å². The van der Waals surface area contributed by atoms with Gasteiger partial charge in [0.15, 0.2) is 0 Å². The Bertz CT molecular complexity index is 629. The summed E-state index contributed by atoms with van der Waals surface area (Å²) in [4.78, 5) is 13.3. The minimum atomic E-state index is -4.10. The molecule has 0 aliphatic rings. The van der Waals surface area contributed by atoms with Crippen LogP contribution in [0.3, 0.4) is 0 Å². The molecule has 4 nitrogen and oxygen atoms in total. The highest BCUT2D eigenvalue weighted by Gasteiger charge is 2.23. The van der Waals surface area contributed by atoms with Crippen molar-refractivity contribution < 1.29 is 17.6 Å². The monoisotopic (exact) mass is 321 g/mol. The Labute approximate surface area is 123 Å². The third kappa shape index (κ3) is 3.93. The van der Waals surface area contributed by atoms with Crippen LogP contribution in [0.4, 0.5) is 4.39 Å². The molecule has 0 atom stereocenters. The van der Waals surface area contributed by atoms with Gasteiger partial charge in [0, 0.05) is 29.8 Å². The molecule has 0 bridgehead atoms. The quantitative estimate of drug-likeness (QED) is 0.801. The topological polar surface area (TPSA) is 54.5 Å². The molecule has 1 amide bonds. The van der Waals surface area contributed by atoms with Crippen molar-refractivity contribution in [2.75, 3.05) is 13.6 Å². The number of hydrogen-bond donors (Lipinski definition) is 0. The fourth-order valence-electron chi connectivity index (χ4n) is 1.97. The van der Waals surface area contributed by atoms with Gasteiger partial charge in [-0.1, -0.05) is 13.8 Å². The maximum atomic E-state index is 13.5. The second-order valence-electron chi connectivity index (χ2n) is 5.09. The zero-order valence-electron chi connectivity index (χ0n) is 11.8. The van der Waals surface area contributed by atoms with E-state index in [4.69, 9.17) is 10.7 Å². The van der Waals surface area contributed by atoms with E-state index < -0.39 is 20.8 Å². The molecule has 0 saturated heterocycles. The molecule has 0 aliphatic heterocycles. The molecule has 0 spiro atoms. The summed E-state index contributed by atoms with van der Waals surface area (Å²) < 4.78 is 36.3. The summed E-state index contributed by atoms with van der Waals surface area (Å²) in [5, 5.41) is 0. The van der Waals surface area contributed by atoms with Gasteiger partial charge in [-0.05, 0) is 30.5 Å². The van der Waals surface area contributed by atoms with Crippen LogP contribution in [-0.4, -0.2) is 32.8 Å². The normalized spacial score (nSPS) is 11.8. The summed E-state index contributed by atoms with van der Waals surface area (Å²) in [7, 11) is 2.74. The van der Waals surface area contributed by atoms with Gasteiger partial charge in [-0.2, -0.15) is 0 Å². The minimum Gasteiger partial charge on any atom is -0.341 e. The molecular weight excluding hydrogens is 305 g/mol. The second kappa shape index (κ2) is 6.10. The summed E-state index contributed by atoms with van der Waals surface area (Å²) in [6, 6.07) is 1.84. The first-order valence-electron chi connectivity index (χ1n) is 6.04. The molecule has 0 radical (unpaired) electrons. The summed E-state index contributed by atoms with van der Waals surface area (Å²) in [6.07, 6.45) is 0. The van der Waals surface area contributed by atoms with Crippen molar-refractivity contribution in [3.05, 3.63) is 29.1 Å². The van der Waals surface area contributed by atoms with Gasteiger partial charge in [-0.15, -0.1) is 0 Å². The molecule has 0 N–H and O–H groups in total. The SMILES string of the molecule is Cc1c(C(=O)N(C)CC(C)C)cc(F)cc1S(=O)(=O)Cl. The van der Waals surface area contributed by atoms with Crippen LogP contribution < -0.4 is 0 Å². The van der Waals surface area contributed by atoms with E-state index in [0.717, 1.165) is 12.1 Å². The van der Waals surface area contributed by atoms with Crippen molar-refractivity contribution in [1.29, 1.82) is 0 Å². The van der Waals surface area contributed by atoms with Crippen LogP contribution in [-0.2, 0) is 9.05 Å². The predicted octanol–water partition coefficient (Wildman–Crippen LogP) is 2.79. The zero-order chi connectivity index (χ0) is 15.7. The van der Waals surface area contributed by atoms with E-state index in [0.29, 0.717) is 6.54 Å². The van der Waals surface area contributed by atoms with Crippen molar-refractivity contribution in [2.45, 2.75) is 25.7 Å². The van der Waals surface area contributed by atoms with Crippen LogP contribution in [0.25, 0.3) is 0 Å². The van der Waals surface area contributed by atoms with Crippen LogP contribution >= 0.6 is 10.7 Å². The fourth-order valence-corrected chi connectivity index (χ4v) is 3.18. The van der Waals surface area contributed by atoms with Crippen LogP contribution in [0.15, 0.2) is 17.0 Å². The van der Waals surface area contributed by atoms with Gasteiger partial charge in [0.25, 0.3) is 15.0 Å². The zero-order valence-corrected chi connectivity index (χ0v) is 13.3. The summed E-state index contributed by atoms with van der Waals surface area (Å²) >= 11 is 0. The van der Waals surface area contributed by atoms with E-state index in [1.54, 1.807) is 7.05 Å². The number of nitrogens with zero attached hydrogens (tertiary/aromatic N) is 1. The largest absolute Gasteiger partial charge is 0.341 e. The van der Waals surface area contributed by atoms with Crippen LogP contribution in [0.1, 0.15) is 29.8 Å². The molecule has 0 fully saturated rings. The molecule has 0 aromatic heterocycles. The van der Waals surface area contributed by atoms with Crippen LogP contribution in [0, 0.1) is 18.7 Å². The third-order valence-electron chi connectivity index (χ3n) is 2.80. The van der Waals surface area contributed by atoms with Gasteiger partial charge in [0.1, 0.15) is 5.82 Å². The number of halogens is 2. The number of rotatable bonds is 4. The van der Waals surface area contributed by atoms with Gasteiger partial charge in [0.05, 0.1) is 4.90 Å². The number of carbonyl (C=O) groups excluding carboxylic acids is 1. The standard InChI is InChI=1S/C13H17ClFNO3S/c1-8(2)7-16(4)13(17)11-5-10(15)6-12(9(11)3)20(14,18)19/h5-6,8H,7H2,1-4H3. The van der Waals surface area contributed by atoms with Crippen molar-refractivity contribution in [3.8, 4) is 0 Å². The Balaban J connectivity index is 3.33. The summed E-state index contributed by atoms with van der Waals surface area (Å²) in [5.41, 5.74) is 0.161. The number of amides is 1. The Kier molecular flexibility index (Phi) is 5.15. The molecule has 112 valence electrons. The molecular formula is C13H17ClFNO3S. The third-order valence-corrected chi connectivity index (χ3v) is 4.25. The Morgan fingerprint density at radius 3 is 2.40 bits per heavy atom. The molecule has 0 saturated carbocycles. The lowest BCUT2D eigenvalue weighted by Gasteiger charge is -2.21. The second-order valence-corrected chi connectivity index (χ2v) is 7.63. The number of carbonyl (C=O) groups is 1. The fraction of sp³-hybridized carbons (Fsp3) is 0.462. The highest BCUT2D eigenvalue weighted by Crippen LogP contribution is 2.25. The van der Waals surface area contributed by atoms with Gasteiger partial charge < -0.3 is 4.90 Å². The lowest BCUT2D eigenvalue weighted by Crippen LogP contribution is -2.31. The molecule has 20 heavy (non-hydrogen) atoms. The van der Waals surface area contributed by atoms with E-state index in [1.165, 1.54) is 11.8 Å². The van der Waals surface area contributed by atoms with Crippen molar-refractivity contribution in [2.24, 2.45) is 5.92 Å². The molecule has 1 aromatic rings. The summed E-state index contributed by atoms with van der Waals surface area (Å²) in [5.74, 6) is -0.998. The maximum absolute atomic E-state index is 13.5. The average Bonchev–Trinajstić information content (AvgIpc) is 2.28. The number of hydrogen-bond acceptors (Lipinski definition) is 3. The van der Waals surface area contributed by atoms with Crippen LogP contribution in [0.2, 0.25) is 0 Å². The Morgan fingerprint density at radius 1 is 1.40 bits per heavy atom. The molecule has 0 heterocycles. The highest BCUT2D eigenvalue weighted by atomic mass is 35.7. The molecule has 0 unspecified atom stereocenters. The average molecular weight is 322 g/mol. The minimum absolute atomic E-state index is 0.00683. The Morgan fingerprint density at radius 2 is 1.95 bits per heavy atom. The van der Waals surface area contributed by atoms with Crippen molar-refractivity contribution in [1.82, 2.24) is 4.90 Å².